The van der Waals surface area contributed by atoms with Crippen molar-refractivity contribution in [2.45, 2.75) is 24.7 Å². The van der Waals surface area contributed by atoms with Crippen LogP contribution in [-0.2, 0) is 10.8 Å². The minimum Gasteiger partial charge on any atom is -0.453 e. The van der Waals surface area contributed by atoms with E-state index >= 15 is 0 Å². The number of para-hydroxylation sites is 2. The van der Waals surface area contributed by atoms with Crippen LogP contribution in [0.2, 0.25) is 0 Å². The molecule has 115 heavy (non-hydrogen) atoms. The fourth-order valence-electron chi connectivity index (χ4n) is 18.2. The quantitative estimate of drug-likeness (QED) is 0.102. The highest BCUT2D eigenvalue weighted by atomic mass is 16.3. The zero-order valence-electron chi connectivity index (χ0n) is 64.0. The lowest BCUT2D eigenvalue weighted by Crippen LogP contribution is -2.28. The first-order valence-electron chi connectivity index (χ1n) is 39.8. The lowest BCUT2D eigenvalue weighted by Gasteiger charge is -2.34. The van der Waals surface area contributed by atoms with Crippen LogP contribution in [-0.4, -0.2) is 0 Å². The summed E-state index contributed by atoms with van der Waals surface area (Å²) in [5.74, 6) is 0. The summed E-state index contributed by atoms with van der Waals surface area (Å²) in [5, 5.41) is 2.19. The first-order chi connectivity index (χ1) is 56.8. The van der Waals surface area contributed by atoms with Gasteiger partial charge in [-0.1, -0.05) is 396 Å². The molecule has 2 aliphatic carbocycles. The van der Waals surface area contributed by atoms with Gasteiger partial charge in [0.15, 0.2) is 5.58 Å². The summed E-state index contributed by atoms with van der Waals surface area (Å²) < 4.78 is 7.01. The van der Waals surface area contributed by atoms with Crippen LogP contribution < -0.4 is 9.80 Å². The van der Waals surface area contributed by atoms with E-state index in [2.05, 4.69) is 473 Å². The Morgan fingerprint density at radius 1 is 0.200 bits per heavy atom. The Bertz CT molecular complexity index is 6680. The normalized spacial score (nSPS) is 12.6. The van der Waals surface area contributed by atoms with Crippen LogP contribution in [0.25, 0.3) is 122 Å². The highest BCUT2D eigenvalue weighted by Crippen LogP contribution is 2.59. The first-order valence-corrected chi connectivity index (χ1v) is 39.8. The third kappa shape index (κ3) is 12.3. The summed E-state index contributed by atoms with van der Waals surface area (Å²) in [6.45, 7) is 4.69. The molecule has 21 rings (SSSR count). The number of hydrogen-bond acceptors (Lipinski definition) is 3. The Hall–Kier alpha value is -14.6. The molecule has 0 atom stereocenters. The minimum atomic E-state index is -0.460. The molecule has 0 amide bonds. The molecule has 0 bridgehead atoms. The molecule has 0 unspecified atom stereocenters. The van der Waals surface area contributed by atoms with Gasteiger partial charge in [-0.05, 0) is 189 Å². The SMILES string of the molecule is CC1(C)c2ccccc2-c2c(-c3ccc(N(c4ccc(-c5ccccc5)cc4)c4ccc(-c5ccccc5)cc4-c4ccccc4)cc3)cccc21.c1ccc(-c2ccc(N(c3ccc(-c4cccc5c4-c4ccccc4C5(c4ccccc4)c4ccccc4)cc3)c3cccc4c3oc3c(-c5ccccc5)cccc34)cc2)cc1. The summed E-state index contributed by atoms with van der Waals surface area (Å²) in [6.07, 6.45) is 0. The van der Waals surface area contributed by atoms with Gasteiger partial charge in [-0.3, -0.25) is 0 Å². The van der Waals surface area contributed by atoms with Gasteiger partial charge in [0.1, 0.15) is 5.58 Å². The van der Waals surface area contributed by atoms with E-state index in [1.165, 1.54) is 117 Å². The number of fused-ring (bicyclic) bond motifs is 9. The fraction of sp³-hybridized carbons (Fsp3) is 0.0357. The Labute approximate surface area is 672 Å². The summed E-state index contributed by atoms with van der Waals surface area (Å²) in [5.41, 5.74) is 37.4. The van der Waals surface area contributed by atoms with Gasteiger partial charge in [0.05, 0.1) is 16.8 Å². The smallest absolute Gasteiger partial charge is 0.159 e. The van der Waals surface area contributed by atoms with Crippen LogP contribution in [0.3, 0.4) is 0 Å². The van der Waals surface area contributed by atoms with Crippen molar-refractivity contribution in [3.63, 3.8) is 0 Å². The predicted molar refractivity (Wildman–Crippen MR) is 482 cm³/mol. The van der Waals surface area contributed by atoms with Crippen molar-refractivity contribution in [3.8, 4) is 100 Å². The van der Waals surface area contributed by atoms with Gasteiger partial charge in [0.2, 0.25) is 0 Å². The zero-order chi connectivity index (χ0) is 76.8. The summed E-state index contributed by atoms with van der Waals surface area (Å²) >= 11 is 0. The third-order valence-electron chi connectivity index (χ3n) is 23.7. The summed E-state index contributed by atoms with van der Waals surface area (Å²) in [7, 11) is 0. The standard InChI is InChI=1S/C61H41NO.C51H39N/c1-5-18-42(19-6-1)43-34-38-48(39-35-43)62(57-33-17-30-53-52-29-15-28-51(59(52)63-60(53)57)44-20-7-2-8-21-44)49-40-36-45(37-41-49)50-27-16-32-56-58(50)54-26-13-14-31-55(54)61(56,46-22-9-3-10-23-46)47-24-11-4-12-25-47;1-51(2)47-23-13-12-21-45(47)50-44(22-14-24-48(50)51)40-27-32-43(33-28-40)52(42-30-25-38(26-31-42)36-15-6-3-7-16-36)49-34-29-41(37-17-8-4-9-18-37)35-46(49)39-19-10-5-11-20-39/h1-41H;3-35H,1-2H3. The maximum absolute atomic E-state index is 7.01. The van der Waals surface area contributed by atoms with Gasteiger partial charge in [-0.2, -0.15) is 0 Å². The number of nitrogens with zero attached hydrogens (tertiary/aromatic N) is 2. The molecule has 0 radical (unpaired) electrons. The molecule has 0 fully saturated rings. The predicted octanol–water partition coefficient (Wildman–Crippen LogP) is 30.6. The van der Waals surface area contributed by atoms with Crippen molar-refractivity contribution in [1.29, 1.82) is 0 Å². The molecule has 0 saturated heterocycles. The molecule has 3 nitrogen and oxygen atoms in total. The van der Waals surface area contributed by atoms with Crippen molar-refractivity contribution in [3.05, 3.63) is 482 Å². The molecule has 3 heteroatoms. The highest BCUT2D eigenvalue weighted by Gasteiger charge is 2.47. The average Bonchev–Trinajstić information content (AvgIpc) is 1.54. The van der Waals surface area contributed by atoms with Crippen molar-refractivity contribution in [2.24, 2.45) is 0 Å². The fourth-order valence-corrected chi connectivity index (χ4v) is 18.2. The van der Waals surface area contributed by atoms with Crippen LogP contribution >= 0.6 is 0 Å². The topological polar surface area (TPSA) is 19.6 Å². The van der Waals surface area contributed by atoms with Gasteiger partial charge in [0, 0.05) is 50.1 Å². The average molecular weight is 1470 g/mol. The minimum absolute atomic E-state index is 0.0374. The Morgan fingerprint density at radius 2 is 0.513 bits per heavy atom. The molecule has 544 valence electrons. The number of benzene rings is 18. The van der Waals surface area contributed by atoms with Gasteiger partial charge in [-0.15, -0.1) is 0 Å². The zero-order valence-corrected chi connectivity index (χ0v) is 64.0. The van der Waals surface area contributed by atoms with Crippen molar-refractivity contribution < 1.29 is 4.42 Å². The van der Waals surface area contributed by atoms with Crippen molar-refractivity contribution in [2.75, 3.05) is 9.80 Å². The number of furan rings is 1. The van der Waals surface area contributed by atoms with Crippen LogP contribution in [0.4, 0.5) is 34.1 Å². The van der Waals surface area contributed by atoms with E-state index in [0.717, 1.165) is 72.8 Å². The largest absolute Gasteiger partial charge is 0.453 e. The Kier molecular flexibility index (Phi) is 17.9. The second kappa shape index (κ2) is 29.6. The molecule has 0 N–H and O–H groups in total. The van der Waals surface area contributed by atoms with E-state index in [1.807, 2.05) is 0 Å². The monoisotopic (exact) mass is 1470 g/mol. The van der Waals surface area contributed by atoms with Crippen LogP contribution in [0.15, 0.2) is 453 Å². The first kappa shape index (κ1) is 69.5. The van der Waals surface area contributed by atoms with E-state index in [0.29, 0.717) is 0 Å². The molecule has 1 aromatic heterocycles. The van der Waals surface area contributed by atoms with E-state index in [-0.39, 0.29) is 5.41 Å². The van der Waals surface area contributed by atoms with E-state index in [1.54, 1.807) is 0 Å². The molecular weight excluding hydrogens is 1390 g/mol. The summed E-state index contributed by atoms with van der Waals surface area (Å²) in [4.78, 5) is 4.75. The molecule has 1 heterocycles. The number of rotatable bonds is 15. The third-order valence-corrected chi connectivity index (χ3v) is 23.7. The molecule has 19 aromatic rings. The lowest BCUT2D eigenvalue weighted by atomic mass is 9.67. The second-order valence-corrected chi connectivity index (χ2v) is 30.5. The Morgan fingerprint density at radius 3 is 1.01 bits per heavy atom. The van der Waals surface area contributed by atoms with Crippen LogP contribution in [0.5, 0.6) is 0 Å². The highest BCUT2D eigenvalue weighted by molar-refractivity contribution is 6.14. The lowest BCUT2D eigenvalue weighted by molar-refractivity contribution is 0.660. The van der Waals surface area contributed by atoms with Crippen molar-refractivity contribution >= 4 is 56.1 Å². The molecular formula is C112H80N2O. The van der Waals surface area contributed by atoms with Gasteiger partial charge in [-0.25, -0.2) is 0 Å². The maximum Gasteiger partial charge on any atom is 0.159 e. The van der Waals surface area contributed by atoms with Crippen molar-refractivity contribution in [1.82, 2.24) is 0 Å². The second-order valence-electron chi connectivity index (χ2n) is 30.5. The molecule has 18 aromatic carbocycles. The van der Waals surface area contributed by atoms with E-state index in [9.17, 15) is 0 Å². The Balaban J connectivity index is 0.000000152. The van der Waals surface area contributed by atoms with Gasteiger partial charge >= 0.3 is 0 Å². The molecule has 2 aliphatic rings. The molecule has 0 saturated carbocycles. The molecule has 0 aliphatic heterocycles. The number of hydrogen-bond donors (Lipinski definition) is 0. The van der Waals surface area contributed by atoms with Gasteiger partial charge < -0.3 is 14.2 Å². The van der Waals surface area contributed by atoms with Crippen LogP contribution in [0, 0.1) is 0 Å². The molecule has 0 spiro atoms. The van der Waals surface area contributed by atoms with Crippen LogP contribution in [0.1, 0.15) is 47.2 Å². The summed E-state index contributed by atoms with van der Waals surface area (Å²) in [6, 6.07) is 163. The van der Waals surface area contributed by atoms with E-state index < -0.39 is 5.41 Å². The van der Waals surface area contributed by atoms with Gasteiger partial charge in [0.25, 0.3) is 0 Å². The maximum atomic E-state index is 7.01. The number of anilines is 6. The van der Waals surface area contributed by atoms with E-state index in [4.69, 9.17) is 4.42 Å².